The molecule has 11 heteroatoms. The molecule has 0 spiro atoms. The molecule has 0 aliphatic carbocycles. The summed E-state index contributed by atoms with van der Waals surface area (Å²) < 4.78 is 22.9. The van der Waals surface area contributed by atoms with Crippen LogP contribution in [-0.2, 0) is 9.59 Å². The van der Waals surface area contributed by atoms with Crippen LogP contribution in [0.5, 0.6) is 11.8 Å². The van der Waals surface area contributed by atoms with E-state index in [1.807, 2.05) is 35.2 Å². The van der Waals surface area contributed by atoms with Crippen molar-refractivity contribution in [2.45, 2.75) is 62.7 Å². The largest absolute Gasteiger partial charge is 0.508 e. The summed E-state index contributed by atoms with van der Waals surface area (Å²) in [4.78, 5) is 41.2. The lowest BCUT2D eigenvalue weighted by Gasteiger charge is -2.42. The molecule has 1 unspecified atom stereocenters. The monoisotopic (exact) mass is 624 g/mol. The third kappa shape index (κ3) is 4.97. The molecular weight excluding hydrogens is 587 g/mol. The van der Waals surface area contributed by atoms with Crippen LogP contribution >= 0.6 is 0 Å². The summed E-state index contributed by atoms with van der Waals surface area (Å²) in [6, 6.07) is 14.3. The molecule has 5 heterocycles. The number of likely N-dealkylation sites (tertiary alicyclic amines) is 1. The molecule has 8 rings (SSSR count). The van der Waals surface area contributed by atoms with Crippen molar-refractivity contribution in [3.8, 4) is 22.9 Å². The van der Waals surface area contributed by atoms with Crippen molar-refractivity contribution in [3.63, 3.8) is 0 Å². The minimum atomic E-state index is -0.506. The van der Waals surface area contributed by atoms with E-state index in [4.69, 9.17) is 9.72 Å². The minimum Gasteiger partial charge on any atom is -0.508 e. The predicted molar refractivity (Wildman–Crippen MR) is 172 cm³/mol. The number of nitrogens with one attached hydrogen (secondary N) is 1. The van der Waals surface area contributed by atoms with Crippen LogP contribution in [0.2, 0.25) is 0 Å². The number of piperazine rings is 1. The van der Waals surface area contributed by atoms with E-state index in [-0.39, 0.29) is 47.2 Å². The van der Waals surface area contributed by atoms with Crippen molar-refractivity contribution in [2.75, 3.05) is 38.2 Å². The highest BCUT2D eigenvalue weighted by atomic mass is 19.1. The Bertz CT molecular complexity index is 1850. The van der Waals surface area contributed by atoms with Gasteiger partial charge in [-0.05, 0) is 80.2 Å². The maximum Gasteiger partial charge on any atom is 0.319 e. The molecule has 3 aromatic carbocycles. The van der Waals surface area contributed by atoms with Crippen LogP contribution < -0.4 is 15.0 Å². The Morgan fingerprint density at radius 1 is 1.02 bits per heavy atom. The number of nitrogens with zero attached hydrogens (tertiary/aromatic N) is 5. The number of aromatic hydroxyl groups is 1. The van der Waals surface area contributed by atoms with E-state index in [0.717, 1.165) is 43.0 Å². The van der Waals surface area contributed by atoms with Gasteiger partial charge >= 0.3 is 6.01 Å². The van der Waals surface area contributed by atoms with Crippen molar-refractivity contribution in [2.24, 2.45) is 0 Å². The van der Waals surface area contributed by atoms with Crippen LogP contribution in [-0.4, -0.2) is 94.1 Å². The first-order chi connectivity index (χ1) is 22.3. The highest BCUT2D eigenvalue weighted by molar-refractivity contribution is 6.01. The van der Waals surface area contributed by atoms with Gasteiger partial charge in [0.15, 0.2) is 5.82 Å². The zero-order valence-electron chi connectivity index (χ0n) is 25.8. The summed E-state index contributed by atoms with van der Waals surface area (Å²) in [5.74, 6) is 0.0523. The van der Waals surface area contributed by atoms with Gasteiger partial charge in [0.1, 0.15) is 29.7 Å². The molecule has 4 saturated heterocycles. The molecule has 1 aromatic heterocycles. The smallest absolute Gasteiger partial charge is 0.319 e. The maximum atomic E-state index is 16.7. The highest BCUT2D eigenvalue weighted by Crippen LogP contribution is 2.40. The van der Waals surface area contributed by atoms with E-state index < -0.39 is 11.9 Å². The number of hydrogen-bond acceptors (Lipinski definition) is 8. The number of phenolic OH excluding ortho intramolecular Hbond substituents is 1. The maximum absolute atomic E-state index is 16.7. The first kappa shape index (κ1) is 28.9. The number of phenols is 1. The number of benzene rings is 3. The van der Waals surface area contributed by atoms with Gasteiger partial charge in [-0.2, -0.15) is 9.97 Å². The van der Waals surface area contributed by atoms with Gasteiger partial charge in [0.05, 0.1) is 0 Å². The number of fused-ring (bicyclic) bond motifs is 4. The number of aromatic nitrogens is 2. The van der Waals surface area contributed by atoms with Gasteiger partial charge in [0.2, 0.25) is 11.8 Å². The van der Waals surface area contributed by atoms with Crippen molar-refractivity contribution >= 4 is 39.3 Å². The van der Waals surface area contributed by atoms with Gasteiger partial charge in [-0.15, -0.1) is 0 Å². The van der Waals surface area contributed by atoms with Gasteiger partial charge in [0, 0.05) is 48.6 Å². The summed E-state index contributed by atoms with van der Waals surface area (Å²) >= 11 is 0. The number of amides is 2. The second-order valence-corrected chi connectivity index (χ2v) is 13.1. The Labute approximate surface area is 266 Å². The van der Waals surface area contributed by atoms with Gasteiger partial charge in [-0.25, -0.2) is 4.39 Å². The predicted octanol–water partition coefficient (Wildman–Crippen LogP) is 4.23. The summed E-state index contributed by atoms with van der Waals surface area (Å²) in [6.45, 7) is 2.49. The van der Waals surface area contributed by atoms with E-state index in [1.54, 1.807) is 18.2 Å². The Morgan fingerprint density at radius 2 is 1.83 bits per heavy atom. The lowest BCUT2D eigenvalue weighted by molar-refractivity contribution is -0.137. The Morgan fingerprint density at radius 3 is 2.57 bits per heavy atom. The molecular formula is C35H37FN6O4. The Balaban J connectivity index is 1.18. The average Bonchev–Trinajstić information content (AvgIpc) is 3.75. The molecule has 2 amide bonds. The number of halogens is 1. The summed E-state index contributed by atoms with van der Waals surface area (Å²) in [7, 11) is 2.08. The van der Waals surface area contributed by atoms with Crippen molar-refractivity contribution in [1.29, 1.82) is 0 Å². The van der Waals surface area contributed by atoms with Crippen LogP contribution in [0.1, 0.15) is 38.5 Å². The second-order valence-electron chi connectivity index (χ2n) is 13.1. The van der Waals surface area contributed by atoms with Crippen molar-refractivity contribution in [1.82, 2.24) is 25.1 Å². The van der Waals surface area contributed by atoms with Gasteiger partial charge in [-0.1, -0.05) is 30.3 Å². The molecule has 2 N–H and O–H groups in total. The van der Waals surface area contributed by atoms with Gasteiger partial charge in [-0.3, -0.25) is 9.59 Å². The summed E-state index contributed by atoms with van der Waals surface area (Å²) in [5.41, 5.74) is 1.07. The first-order valence-corrected chi connectivity index (χ1v) is 16.3. The van der Waals surface area contributed by atoms with E-state index in [1.165, 1.54) is 0 Å². The van der Waals surface area contributed by atoms with E-state index in [9.17, 15) is 14.7 Å². The number of carbonyl (C=O) groups is 2. The fourth-order valence-electron chi connectivity index (χ4n) is 7.93. The molecule has 46 heavy (non-hydrogen) atoms. The molecule has 4 aliphatic heterocycles. The summed E-state index contributed by atoms with van der Waals surface area (Å²) in [6.07, 6.45) is 4.74. The zero-order valence-corrected chi connectivity index (χ0v) is 25.8. The van der Waals surface area contributed by atoms with Crippen molar-refractivity contribution < 1.29 is 23.8 Å². The van der Waals surface area contributed by atoms with Gasteiger partial charge in [0.25, 0.3) is 0 Å². The number of carbonyl (C=O) groups excluding carboxylic acids is 2. The molecule has 238 valence electrons. The Kier molecular flexibility index (Phi) is 7.16. The molecule has 4 fully saturated rings. The van der Waals surface area contributed by atoms with Crippen molar-refractivity contribution in [3.05, 3.63) is 54.3 Å². The SMILES string of the molecule is CN1CCC[C@H]1COc1nc(N2C[C@H]3CC[C@@H](C2)N3C(=O)C2CCC(=O)N2)c2ccc(-c3cc(O)cc4ccccc34)c(F)c2n1. The van der Waals surface area contributed by atoms with E-state index in [0.29, 0.717) is 54.9 Å². The lowest BCUT2D eigenvalue weighted by atomic mass is 9.96. The molecule has 4 aliphatic rings. The van der Waals surface area contributed by atoms with Crippen LogP contribution in [0.3, 0.4) is 0 Å². The molecule has 0 saturated carbocycles. The fraction of sp³-hybridized carbons (Fsp3) is 0.429. The number of rotatable bonds is 6. The Hall–Kier alpha value is -4.51. The third-order valence-electron chi connectivity index (χ3n) is 10.3. The lowest BCUT2D eigenvalue weighted by Crippen LogP contribution is -2.59. The zero-order chi connectivity index (χ0) is 31.5. The average molecular weight is 625 g/mol. The molecule has 2 bridgehead atoms. The highest BCUT2D eigenvalue weighted by Gasteiger charge is 2.46. The third-order valence-corrected chi connectivity index (χ3v) is 10.3. The van der Waals surface area contributed by atoms with Crippen LogP contribution in [0.4, 0.5) is 10.2 Å². The van der Waals surface area contributed by atoms with Gasteiger partial charge < -0.3 is 29.9 Å². The van der Waals surface area contributed by atoms with E-state index in [2.05, 4.69) is 27.1 Å². The minimum absolute atomic E-state index is 0.00993. The molecule has 4 atom stereocenters. The van der Waals surface area contributed by atoms with Crippen LogP contribution in [0.25, 0.3) is 32.8 Å². The van der Waals surface area contributed by atoms with Crippen LogP contribution in [0.15, 0.2) is 48.5 Å². The standard InChI is InChI=1S/C35H37FN6O4/c1-40-14-4-6-23(40)19-46-35-38-32-27(11-10-26(31(32)36)28-16-24(43)15-20-5-2-3-7-25(20)28)33(39-35)41-17-21-8-9-22(18-41)42(21)34(45)29-12-13-30(44)37-29/h2-3,5,7,10-11,15-16,21-23,29,43H,4,6,8-9,12-14,17-19H2,1H3,(H,37,44)/t21-,22+,23-,29?/m0/s1. The first-order valence-electron chi connectivity index (χ1n) is 16.3. The second kappa shape index (κ2) is 11.4. The summed E-state index contributed by atoms with van der Waals surface area (Å²) in [5, 5.41) is 15.5. The molecule has 10 nitrogen and oxygen atoms in total. The molecule has 0 radical (unpaired) electrons. The number of hydrogen-bond donors (Lipinski definition) is 2. The number of ether oxygens (including phenoxy) is 1. The topological polar surface area (TPSA) is 111 Å². The fourth-order valence-corrected chi connectivity index (χ4v) is 7.93. The molecule has 4 aromatic rings. The normalized spacial score (nSPS) is 24.7. The quantitative estimate of drug-likeness (QED) is 0.328. The van der Waals surface area contributed by atoms with Crippen LogP contribution in [0, 0.1) is 5.82 Å². The van der Waals surface area contributed by atoms with E-state index >= 15 is 4.39 Å². The number of likely N-dealkylation sites (N-methyl/N-ethyl adjacent to an activating group) is 1. The number of anilines is 1.